The Balaban J connectivity index is 1.52. The third kappa shape index (κ3) is 2.96. The maximum Gasteiger partial charge on any atom is 0.262 e. The molecule has 2 heterocycles. The van der Waals surface area contributed by atoms with Crippen LogP contribution in [0.3, 0.4) is 0 Å². The van der Waals surface area contributed by atoms with E-state index in [2.05, 4.69) is 4.98 Å². The van der Waals surface area contributed by atoms with Gasteiger partial charge in [0, 0.05) is 0 Å². The van der Waals surface area contributed by atoms with Gasteiger partial charge in [0.1, 0.15) is 6.54 Å². The second-order valence-corrected chi connectivity index (χ2v) is 7.78. The Kier molecular flexibility index (Phi) is 4.37. The van der Waals surface area contributed by atoms with E-state index in [1.54, 1.807) is 36.4 Å². The first-order valence-corrected chi connectivity index (χ1v) is 10.1. The average Bonchev–Trinajstić information content (AvgIpc) is 3.30. The first kappa shape index (κ1) is 18.2. The molecule has 7 heteroatoms. The minimum Gasteiger partial charge on any atom is -0.272 e. The molecular weight excluding hydrogens is 398 g/mol. The van der Waals surface area contributed by atoms with Gasteiger partial charge in [-0.05, 0) is 36.4 Å². The van der Waals surface area contributed by atoms with Gasteiger partial charge in [0.15, 0.2) is 5.13 Å². The van der Waals surface area contributed by atoms with Gasteiger partial charge in [0.25, 0.3) is 17.7 Å². The van der Waals surface area contributed by atoms with E-state index < -0.39 is 17.7 Å². The number of carbonyl (C=O) groups excluding carboxylic acids is 3. The summed E-state index contributed by atoms with van der Waals surface area (Å²) >= 11 is 1.38. The van der Waals surface area contributed by atoms with E-state index in [0.29, 0.717) is 21.9 Å². The molecule has 0 atom stereocenters. The normalized spacial score (nSPS) is 13.0. The van der Waals surface area contributed by atoms with Crippen LogP contribution >= 0.6 is 11.3 Å². The van der Waals surface area contributed by atoms with Gasteiger partial charge in [-0.1, -0.05) is 53.8 Å². The van der Waals surface area contributed by atoms with Crippen molar-refractivity contribution in [2.45, 2.75) is 0 Å². The lowest BCUT2D eigenvalue weighted by Gasteiger charge is -2.22. The SMILES string of the molecule is O=C1c2ccccc2C(=O)N1CC(=O)N(c1ccccc1)c1nc2ccccc2s1. The third-order valence-corrected chi connectivity index (χ3v) is 5.93. The topological polar surface area (TPSA) is 70.6 Å². The highest BCUT2D eigenvalue weighted by Gasteiger charge is 2.37. The molecular formula is C23H15N3O3S. The lowest BCUT2D eigenvalue weighted by Crippen LogP contribution is -2.41. The number of amides is 3. The Morgan fingerprint density at radius 2 is 1.43 bits per heavy atom. The number of fused-ring (bicyclic) bond motifs is 2. The van der Waals surface area contributed by atoms with Gasteiger partial charge in [0.05, 0.1) is 27.0 Å². The summed E-state index contributed by atoms with van der Waals surface area (Å²) in [5.41, 5.74) is 2.05. The molecule has 1 aromatic heterocycles. The number of thiazole rings is 1. The van der Waals surface area contributed by atoms with Crippen molar-refractivity contribution in [3.8, 4) is 0 Å². The van der Waals surface area contributed by atoms with Crippen LogP contribution in [0.2, 0.25) is 0 Å². The van der Waals surface area contributed by atoms with Crippen LogP contribution < -0.4 is 4.90 Å². The van der Waals surface area contributed by atoms with Crippen molar-refractivity contribution >= 4 is 50.1 Å². The Bertz CT molecular complexity index is 1230. The monoisotopic (exact) mass is 413 g/mol. The molecule has 0 aliphatic carbocycles. The minimum atomic E-state index is -0.457. The van der Waals surface area contributed by atoms with E-state index in [1.165, 1.54) is 16.2 Å². The maximum atomic E-state index is 13.4. The fourth-order valence-corrected chi connectivity index (χ4v) is 4.49. The van der Waals surface area contributed by atoms with Crippen LogP contribution in [0.15, 0.2) is 78.9 Å². The first-order valence-electron chi connectivity index (χ1n) is 9.32. The van der Waals surface area contributed by atoms with E-state index in [4.69, 9.17) is 0 Å². The second kappa shape index (κ2) is 7.20. The molecule has 0 saturated heterocycles. The molecule has 5 rings (SSSR count). The van der Waals surface area contributed by atoms with Gasteiger partial charge < -0.3 is 0 Å². The number of rotatable bonds is 4. The minimum absolute atomic E-state index is 0.321. The highest BCUT2D eigenvalue weighted by molar-refractivity contribution is 7.22. The van der Waals surface area contributed by atoms with Gasteiger partial charge in [0.2, 0.25) is 0 Å². The molecule has 0 bridgehead atoms. The maximum absolute atomic E-state index is 13.4. The molecule has 30 heavy (non-hydrogen) atoms. The molecule has 0 fully saturated rings. The number of hydrogen-bond donors (Lipinski definition) is 0. The van der Waals surface area contributed by atoms with Crippen molar-refractivity contribution in [1.29, 1.82) is 0 Å². The summed E-state index contributed by atoms with van der Waals surface area (Å²) in [7, 11) is 0. The predicted octanol–water partition coefficient (Wildman–Crippen LogP) is 4.26. The Hall–Kier alpha value is -3.84. The van der Waals surface area contributed by atoms with Crippen LogP contribution in [0.25, 0.3) is 10.2 Å². The second-order valence-electron chi connectivity index (χ2n) is 6.77. The summed E-state index contributed by atoms with van der Waals surface area (Å²) in [5, 5.41) is 0.490. The van der Waals surface area contributed by atoms with Crippen LogP contribution in [-0.4, -0.2) is 34.2 Å². The van der Waals surface area contributed by atoms with Crippen molar-refractivity contribution < 1.29 is 14.4 Å². The van der Waals surface area contributed by atoms with E-state index in [0.717, 1.165) is 15.1 Å². The quantitative estimate of drug-likeness (QED) is 0.469. The molecule has 0 unspecified atom stereocenters. The van der Waals surface area contributed by atoms with E-state index in [1.807, 2.05) is 42.5 Å². The van der Waals surface area contributed by atoms with Crippen molar-refractivity contribution in [3.63, 3.8) is 0 Å². The van der Waals surface area contributed by atoms with Crippen molar-refractivity contribution in [3.05, 3.63) is 90.0 Å². The van der Waals surface area contributed by atoms with Gasteiger partial charge in [-0.15, -0.1) is 0 Å². The molecule has 1 aliphatic heterocycles. The number of carbonyl (C=O) groups is 3. The fraction of sp³-hybridized carbons (Fsp3) is 0.0435. The lowest BCUT2D eigenvalue weighted by atomic mass is 10.1. The Morgan fingerprint density at radius 1 is 0.833 bits per heavy atom. The number of benzene rings is 3. The molecule has 1 aliphatic rings. The van der Waals surface area contributed by atoms with Crippen LogP contribution in [0, 0.1) is 0 Å². The highest BCUT2D eigenvalue weighted by atomic mass is 32.1. The van der Waals surface area contributed by atoms with Crippen molar-refractivity contribution in [2.75, 3.05) is 11.4 Å². The number of nitrogens with zero attached hydrogens (tertiary/aromatic N) is 3. The molecule has 146 valence electrons. The predicted molar refractivity (Wildman–Crippen MR) is 115 cm³/mol. The molecule has 0 saturated carbocycles. The zero-order valence-electron chi connectivity index (χ0n) is 15.7. The van der Waals surface area contributed by atoms with Gasteiger partial charge >= 0.3 is 0 Å². The summed E-state index contributed by atoms with van der Waals surface area (Å²) < 4.78 is 0.946. The molecule has 4 aromatic rings. The number of imide groups is 1. The van der Waals surface area contributed by atoms with Crippen molar-refractivity contribution in [2.24, 2.45) is 0 Å². The Morgan fingerprint density at radius 3 is 2.10 bits per heavy atom. The summed E-state index contributed by atoms with van der Waals surface area (Å²) in [6.45, 7) is -0.364. The van der Waals surface area contributed by atoms with E-state index in [-0.39, 0.29) is 6.54 Å². The number of para-hydroxylation sites is 2. The number of anilines is 2. The number of hydrogen-bond acceptors (Lipinski definition) is 5. The van der Waals surface area contributed by atoms with Gasteiger partial charge in [-0.25, -0.2) is 4.98 Å². The molecule has 0 radical (unpaired) electrons. The average molecular weight is 413 g/mol. The summed E-state index contributed by atoms with van der Waals surface area (Å²) in [6, 6.07) is 23.3. The van der Waals surface area contributed by atoms with Gasteiger partial charge in [-0.3, -0.25) is 24.2 Å². The summed E-state index contributed by atoms with van der Waals surface area (Å²) in [5.74, 6) is -1.32. The van der Waals surface area contributed by atoms with E-state index >= 15 is 0 Å². The molecule has 0 N–H and O–H groups in total. The van der Waals surface area contributed by atoms with Crippen LogP contribution in [0.4, 0.5) is 10.8 Å². The van der Waals surface area contributed by atoms with Crippen LogP contribution in [0.5, 0.6) is 0 Å². The molecule has 6 nitrogen and oxygen atoms in total. The summed E-state index contributed by atoms with van der Waals surface area (Å²) in [6.07, 6.45) is 0. The first-order chi connectivity index (χ1) is 14.6. The molecule has 3 aromatic carbocycles. The molecule has 0 spiro atoms. The van der Waals surface area contributed by atoms with E-state index in [9.17, 15) is 14.4 Å². The summed E-state index contributed by atoms with van der Waals surface area (Å²) in [4.78, 5) is 45.8. The standard InChI is InChI=1S/C23H15N3O3S/c27-20(14-25-21(28)16-10-4-5-11-17(16)22(25)29)26(15-8-2-1-3-9-15)23-24-18-12-6-7-13-19(18)30-23/h1-13H,14H2. The Labute approximate surface area is 176 Å². The fourth-order valence-electron chi connectivity index (χ4n) is 3.48. The zero-order chi connectivity index (χ0) is 20.7. The van der Waals surface area contributed by atoms with Crippen LogP contribution in [-0.2, 0) is 4.79 Å². The highest BCUT2D eigenvalue weighted by Crippen LogP contribution is 2.34. The number of aromatic nitrogens is 1. The largest absolute Gasteiger partial charge is 0.272 e. The lowest BCUT2D eigenvalue weighted by molar-refractivity contribution is -0.118. The smallest absolute Gasteiger partial charge is 0.262 e. The third-order valence-electron chi connectivity index (χ3n) is 4.91. The van der Waals surface area contributed by atoms with Crippen molar-refractivity contribution in [1.82, 2.24) is 9.88 Å². The zero-order valence-corrected chi connectivity index (χ0v) is 16.5. The van der Waals surface area contributed by atoms with Crippen LogP contribution in [0.1, 0.15) is 20.7 Å². The van der Waals surface area contributed by atoms with Gasteiger partial charge in [-0.2, -0.15) is 0 Å². The molecule has 3 amide bonds.